The largest absolute Gasteiger partial charge is 0.497 e. The molecule has 0 aliphatic carbocycles. The van der Waals surface area contributed by atoms with Crippen molar-refractivity contribution in [1.29, 1.82) is 0 Å². The van der Waals surface area contributed by atoms with E-state index in [2.05, 4.69) is 80.4 Å². The van der Waals surface area contributed by atoms with E-state index < -0.39 is 0 Å². The van der Waals surface area contributed by atoms with Gasteiger partial charge in [0.2, 0.25) is 0 Å². The van der Waals surface area contributed by atoms with Crippen LogP contribution in [0.5, 0.6) is 23.0 Å². The van der Waals surface area contributed by atoms with E-state index in [-0.39, 0.29) is 0 Å². The quantitative estimate of drug-likeness (QED) is 0.172. The zero-order valence-corrected chi connectivity index (χ0v) is 25.5. The highest BCUT2D eigenvalue weighted by Crippen LogP contribution is 2.40. The maximum atomic E-state index is 5.40. The lowest BCUT2D eigenvalue weighted by Gasteiger charge is -2.17. The van der Waals surface area contributed by atoms with E-state index in [1.54, 1.807) is 28.4 Å². The molecule has 0 saturated heterocycles. The summed E-state index contributed by atoms with van der Waals surface area (Å²) in [5.74, 6) is 3.25. The number of halogens is 2. The van der Waals surface area contributed by atoms with Gasteiger partial charge >= 0.3 is 0 Å². The normalized spacial score (nSPS) is 10.4. The third-order valence-corrected chi connectivity index (χ3v) is 7.72. The average Bonchev–Trinajstić information content (AvgIpc) is 2.99. The molecule has 0 N–H and O–H groups in total. The molecule has 4 aromatic rings. The van der Waals surface area contributed by atoms with Crippen LogP contribution in [0.1, 0.15) is 28.7 Å². The third kappa shape index (κ3) is 6.94. The lowest BCUT2D eigenvalue weighted by Crippen LogP contribution is -1.96. The van der Waals surface area contributed by atoms with Gasteiger partial charge in [0.05, 0.1) is 28.4 Å². The van der Waals surface area contributed by atoms with E-state index in [4.69, 9.17) is 18.9 Å². The molecule has 0 radical (unpaired) electrons. The number of ether oxygens (including phenoxy) is 4. The molecule has 4 rings (SSSR count). The van der Waals surface area contributed by atoms with Crippen LogP contribution in [0.2, 0.25) is 0 Å². The minimum atomic E-state index is 0.626. The topological polar surface area (TPSA) is 36.9 Å². The number of hydrogen-bond donors (Lipinski definition) is 0. The summed E-state index contributed by atoms with van der Waals surface area (Å²) >= 11 is 7.92. The number of benzene rings is 4. The minimum absolute atomic E-state index is 0.626. The first-order chi connectivity index (χ1) is 19.0. The molecular formula is C33H30Br2O4. The van der Waals surface area contributed by atoms with Gasteiger partial charge in [-0.05, 0) is 81.9 Å². The standard InChI is InChI=1S/C33H30Br2O4/c1-36-26-13-5-22(6-14-26)32(23-7-15-27(37-2)16-8-23)30(34)21-31(35)33(24-9-17-28(38-3)18-10-24)25-11-19-29(39-4)20-12-25/h5-20H,21H2,1-4H3. The Morgan fingerprint density at radius 2 is 0.615 bits per heavy atom. The van der Waals surface area contributed by atoms with Crippen molar-refractivity contribution in [3.8, 4) is 23.0 Å². The monoisotopic (exact) mass is 648 g/mol. The first-order valence-electron chi connectivity index (χ1n) is 12.3. The Kier molecular flexibility index (Phi) is 9.90. The lowest BCUT2D eigenvalue weighted by molar-refractivity contribution is 0.414. The maximum Gasteiger partial charge on any atom is 0.118 e. The van der Waals surface area contributed by atoms with Gasteiger partial charge in [0.25, 0.3) is 0 Å². The lowest BCUT2D eigenvalue weighted by atomic mass is 9.94. The Labute approximate surface area is 247 Å². The molecule has 0 atom stereocenters. The minimum Gasteiger partial charge on any atom is -0.497 e. The molecule has 0 aliphatic heterocycles. The van der Waals surface area contributed by atoms with Crippen LogP contribution < -0.4 is 18.9 Å². The second-order valence-electron chi connectivity index (χ2n) is 8.65. The van der Waals surface area contributed by atoms with E-state index in [1.807, 2.05) is 48.5 Å². The van der Waals surface area contributed by atoms with Crippen molar-refractivity contribution < 1.29 is 18.9 Å². The number of allylic oxidation sites excluding steroid dienone is 2. The molecule has 39 heavy (non-hydrogen) atoms. The summed E-state index contributed by atoms with van der Waals surface area (Å²) in [5.41, 5.74) is 6.46. The summed E-state index contributed by atoms with van der Waals surface area (Å²) in [7, 11) is 6.69. The van der Waals surface area contributed by atoms with E-state index in [0.29, 0.717) is 6.42 Å². The van der Waals surface area contributed by atoms with Crippen molar-refractivity contribution in [3.63, 3.8) is 0 Å². The van der Waals surface area contributed by atoms with Gasteiger partial charge in [-0.15, -0.1) is 0 Å². The summed E-state index contributed by atoms with van der Waals surface area (Å²) in [6, 6.07) is 32.4. The van der Waals surface area contributed by atoms with Gasteiger partial charge in [-0.1, -0.05) is 80.4 Å². The molecule has 6 heteroatoms. The van der Waals surface area contributed by atoms with Crippen LogP contribution in [0.15, 0.2) is 106 Å². The molecule has 0 aromatic heterocycles. The second kappa shape index (κ2) is 13.5. The van der Waals surface area contributed by atoms with Crippen molar-refractivity contribution in [1.82, 2.24) is 0 Å². The van der Waals surface area contributed by atoms with Crippen molar-refractivity contribution >= 4 is 43.0 Å². The van der Waals surface area contributed by atoms with Crippen LogP contribution in [0.4, 0.5) is 0 Å². The van der Waals surface area contributed by atoms with Crippen molar-refractivity contribution in [2.75, 3.05) is 28.4 Å². The van der Waals surface area contributed by atoms with Crippen molar-refractivity contribution in [3.05, 3.63) is 128 Å². The fourth-order valence-electron chi connectivity index (χ4n) is 4.30. The van der Waals surface area contributed by atoms with Gasteiger partial charge in [-0.3, -0.25) is 0 Å². The predicted molar refractivity (Wildman–Crippen MR) is 166 cm³/mol. The van der Waals surface area contributed by atoms with E-state index in [1.165, 1.54) is 0 Å². The third-order valence-electron chi connectivity index (χ3n) is 6.37. The van der Waals surface area contributed by atoms with Crippen LogP contribution in [-0.4, -0.2) is 28.4 Å². The van der Waals surface area contributed by atoms with E-state index in [0.717, 1.165) is 65.4 Å². The highest BCUT2D eigenvalue weighted by atomic mass is 79.9. The first-order valence-corrected chi connectivity index (χ1v) is 13.9. The van der Waals surface area contributed by atoms with Gasteiger partial charge in [0.1, 0.15) is 23.0 Å². The predicted octanol–water partition coefficient (Wildman–Crippen LogP) is 9.12. The zero-order valence-electron chi connectivity index (χ0n) is 22.3. The smallest absolute Gasteiger partial charge is 0.118 e. The van der Waals surface area contributed by atoms with Crippen LogP contribution >= 0.6 is 31.9 Å². The Balaban J connectivity index is 1.85. The number of methoxy groups -OCH3 is 4. The summed E-state index contributed by atoms with van der Waals surface area (Å²) in [5, 5.41) is 0. The fraction of sp³-hybridized carbons (Fsp3) is 0.152. The molecule has 0 spiro atoms. The van der Waals surface area contributed by atoms with Crippen LogP contribution in [0.3, 0.4) is 0 Å². The van der Waals surface area contributed by atoms with Crippen LogP contribution in [0, 0.1) is 0 Å². The zero-order chi connectivity index (χ0) is 27.8. The molecule has 0 heterocycles. The highest BCUT2D eigenvalue weighted by Gasteiger charge is 2.16. The second-order valence-corrected chi connectivity index (χ2v) is 10.6. The highest BCUT2D eigenvalue weighted by molar-refractivity contribution is 9.12. The van der Waals surface area contributed by atoms with Gasteiger partial charge in [0, 0.05) is 15.4 Å². The molecule has 0 unspecified atom stereocenters. The van der Waals surface area contributed by atoms with Gasteiger partial charge in [-0.2, -0.15) is 0 Å². The fourth-order valence-corrected chi connectivity index (χ4v) is 6.16. The molecule has 4 aromatic carbocycles. The molecule has 4 nitrogen and oxygen atoms in total. The van der Waals surface area contributed by atoms with Gasteiger partial charge in [0.15, 0.2) is 0 Å². The average molecular weight is 650 g/mol. The molecule has 0 aliphatic rings. The molecule has 200 valence electrons. The van der Waals surface area contributed by atoms with E-state index >= 15 is 0 Å². The van der Waals surface area contributed by atoms with Gasteiger partial charge in [-0.25, -0.2) is 0 Å². The van der Waals surface area contributed by atoms with Crippen molar-refractivity contribution in [2.45, 2.75) is 6.42 Å². The summed E-state index contributed by atoms with van der Waals surface area (Å²) in [4.78, 5) is 0. The molecule has 0 saturated carbocycles. The Bertz CT molecular complexity index is 1230. The molecular weight excluding hydrogens is 620 g/mol. The molecule has 0 bridgehead atoms. The Hall–Kier alpha value is -3.48. The van der Waals surface area contributed by atoms with Crippen molar-refractivity contribution in [2.24, 2.45) is 0 Å². The SMILES string of the molecule is COc1ccc(C(=C(Br)CC(Br)=C(c2ccc(OC)cc2)c2ccc(OC)cc2)c2ccc(OC)cc2)cc1. The summed E-state index contributed by atoms with van der Waals surface area (Å²) in [6.45, 7) is 0. The van der Waals surface area contributed by atoms with Crippen LogP contribution in [0.25, 0.3) is 11.1 Å². The maximum absolute atomic E-state index is 5.40. The van der Waals surface area contributed by atoms with Gasteiger partial charge < -0.3 is 18.9 Å². The summed E-state index contributed by atoms with van der Waals surface area (Å²) < 4.78 is 23.6. The molecule has 0 amide bonds. The number of rotatable bonds is 10. The van der Waals surface area contributed by atoms with Crippen LogP contribution in [-0.2, 0) is 0 Å². The van der Waals surface area contributed by atoms with E-state index in [9.17, 15) is 0 Å². The Morgan fingerprint density at radius 1 is 0.410 bits per heavy atom. The number of hydrogen-bond acceptors (Lipinski definition) is 4. The first kappa shape index (κ1) is 28.5. The summed E-state index contributed by atoms with van der Waals surface area (Å²) in [6.07, 6.45) is 0.626. The molecule has 0 fully saturated rings. The Morgan fingerprint density at radius 3 is 0.795 bits per heavy atom.